The monoisotopic (exact) mass is 213 g/mol. The Morgan fingerprint density at radius 2 is 2.25 bits per heavy atom. The van der Waals surface area contributed by atoms with Crippen LogP contribution in [0, 0.1) is 0 Å². The van der Waals surface area contributed by atoms with Crippen molar-refractivity contribution in [3.05, 3.63) is 0 Å². The zero-order valence-electron chi connectivity index (χ0n) is 7.41. The predicted octanol–water partition coefficient (Wildman–Crippen LogP) is 1.05. The van der Waals surface area contributed by atoms with Gasteiger partial charge in [0.05, 0.1) is 6.61 Å². The topological polar surface area (TPSA) is 52.3 Å². The molecule has 0 aromatic rings. The van der Waals surface area contributed by atoms with E-state index in [0.717, 1.165) is 5.75 Å². The van der Waals surface area contributed by atoms with E-state index in [2.05, 4.69) is 0 Å². The fourth-order valence-electron chi connectivity index (χ4n) is 0.612. The van der Waals surface area contributed by atoms with E-state index in [1.165, 1.54) is 0 Å². The molecule has 5 heteroatoms. The molecule has 0 aliphatic heterocycles. The van der Waals surface area contributed by atoms with Gasteiger partial charge < -0.3 is 10.5 Å². The van der Waals surface area contributed by atoms with Crippen molar-refractivity contribution in [1.82, 2.24) is 0 Å². The van der Waals surface area contributed by atoms with Crippen LogP contribution in [0.5, 0.6) is 0 Å². The lowest BCUT2D eigenvalue weighted by Gasteiger charge is -2.08. The zero-order valence-corrected chi connectivity index (χ0v) is 9.04. The molecule has 0 aliphatic carbocycles. The minimum atomic E-state index is -0.442. The third-order valence-corrected chi connectivity index (χ3v) is 1.87. The van der Waals surface area contributed by atoms with Gasteiger partial charge in [0.2, 0.25) is 0 Å². The second kappa shape index (κ2) is 9.16. The zero-order chi connectivity index (χ0) is 8.69. The van der Waals surface area contributed by atoms with Crippen molar-refractivity contribution >= 4 is 30.1 Å². The quantitative estimate of drug-likeness (QED) is 0.694. The molecule has 74 valence electrons. The molecule has 0 rings (SSSR count). The summed E-state index contributed by atoms with van der Waals surface area (Å²) in [5, 5.41) is 0. The molecule has 12 heavy (non-hydrogen) atoms. The van der Waals surface area contributed by atoms with E-state index in [1.807, 2.05) is 6.26 Å². The molecule has 0 aromatic heterocycles. The predicted molar refractivity (Wildman–Crippen MR) is 54.9 cm³/mol. The van der Waals surface area contributed by atoms with Gasteiger partial charge in [-0.15, -0.1) is 12.4 Å². The standard InChI is InChI=1S/C7H15NO2S.ClH/c1-3-10-7(9)6(8)4-5-11-2;/h6H,3-5,8H2,1-2H3;1H. The molecule has 1 atom stereocenters. The van der Waals surface area contributed by atoms with Crippen molar-refractivity contribution in [3.63, 3.8) is 0 Å². The number of hydrogen-bond donors (Lipinski definition) is 1. The van der Waals surface area contributed by atoms with E-state index in [9.17, 15) is 4.79 Å². The van der Waals surface area contributed by atoms with E-state index in [-0.39, 0.29) is 18.4 Å². The van der Waals surface area contributed by atoms with Gasteiger partial charge in [0.25, 0.3) is 0 Å². The maximum atomic E-state index is 10.9. The lowest BCUT2D eigenvalue weighted by molar-refractivity contribution is -0.144. The van der Waals surface area contributed by atoms with Crippen LogP contribution in [0.3, 0.4) is 0 Å². The van der Waals surface area contributed by atoms with Crippen LogP contribution in [0.25, 0.3) is 0 Å². The molecule has 0 amide bonds. The van der Waals surface area contributed by atoms with Crippen LogP contribution >= 0.6 is 24.2 Å². The Balaban J connectivity index is 0. The van der Waals surface area contributed by atoms with Gasteiger partial charge in [-0.2, -0.15) is 11.8 Å². The highest BCUT2D eigenvalue weighted by Crippen LogP contribution is 1.99. The lowest BCUT2D eigenvalue weighted by Crippen LogP contribution is -2.32. The summed E-state index contributed by atoms with van der Waals surface area (Å²) < 4.78 is 4.73. The van der Waals surface area contributed by atoms with E-state index in [0.29, 0.717) is 13.0 Å². The molecule has 0 bridgehead atoms. The molecular formula is C7H16ClNO2S. The lowest BCUT2D eigenvalue weighted by atomic mass is 10.2. The number of ether oxygens (including phenoxy) is 1. The molecule has 2 N–H and O–H groups in total. The summed E-state index contributed by atoms with van der Waals surface area (Å²) >= 11 is 1.68. The van der Waals surface area contributed by atoms with E-state index in [4.69, 9.17) is 10.5 Å². The number of thioether (sulfide) groups is 1. The van der Waals surface area contributed by atoms with Gasteiger partial charge in [-0.1, -0.05) is 0 Å². The number of halogens is 1. The number of carbonyl (C=O) groups excluding carboxylic acids is 1. The number of hydrogen-bond acceptors (Lipinski definition) is 4. The first-order chi connectivity index (χ1) is 5.22. The molecular weight excluding hydrogens is 198 g/mol. The average Bonchev–Trinajstić information content (AvgIpc) is 2.00. The van der Waals surface area contributed by atoms with Crippen LogP contribution < -0.4 is 5.73 Å². The Hall–Kier alpha value is 0.0700. The number of esters is 1. The van der Waals surface area contributed by atoms with Crippen molar-refractivity contribution in [1.29, 1.82) is 0 Å². The van der Waals surface area contributed by atoms with Gasteiger partial charge >= 0.3 is 5.97 Å². The van der Waals surface area contributed by atoms with Crippen LogP contribution in [-0.4, -0.2) is 30.6 Å². The molecule has 1 unspecified atom stereocenters. The van der Waals surface area contributed by atoms with Gasteiger partial charge in [0.15, 0.2) is 0 Å². The molecule has 3 nitrogen and oxygen atoms in total. The van der Waals surface area contributed by atoms with Crippen LogP contribution in [-0.2, 0) is 9.53 Å². The second-order valence-corrected chi connectivity index (χ2v) is 3.13. The van der Waals surface area contributed by atoms with E-state index >= 15 is 0 Å². The van der Waals surface area contributed by atoms with Gasteiger partial charge in [0.1, 0.15) is 6.04 Å². The Bertz CT molecular complexity index is 124. The van der Waals surface area contributed by atoms with E-state index < -0.39 is 6.04 Å². The SMILES string of the molecule is CCOC(=O)C(N)CCSC.Cl. The largest absolute Gasteiger partial charge is 0.465 e. The van der Waals surface area contributed by atoms with Crippen molar-refractivity contribution in [3.8, 4) is 0 Å². The summed E-state index contributed by atoms with van der Waals surface area (Å²) in [6, 6.07) is -0.442. The molecule has 0 saturated carbocycles. The molecule has 0 aromatic carbocycles. The maximum Gasteiger partial charge on any atom is 0.322 e. The van der Waals surface area contributed by atoms with Gasteiger partial charge in [-0.25, -0.2) is 0 Å². The summed E-state index contributed by atoms with van der Waals surface area (Å²) in [5.41, 5.74) is 5.50. The Kier molecular flexibility index (Phi) is 11.1. The third-order valence-electron chi connectivity index (χ3n) is 1.22. The number of nitrogens with two attached hydrogens (primary N) is 1. The first-order valence-electron chi connectivity index (χ1n) is 3.63. The van der Waals surface area contributed by atoms with Crippen molar-refractivity contribution < 1.29 is 9.53 Å². The molecule has 0 saturated heterocycles. The highest BCUT2D eigenvalue weighted by Gasteiger charge is 2.12. The third kappa shape index (κ3) is 6.76. The summed E-state index contributed by atoms with van der Waals surface area (Å²) in [5.74, 6) is 0.613. The first-order valence-corrected chi connectivity index (χ1v) is 5.03. The summed E-state index contributed by atoms with van der Waals surface area (Å²) in [6.07, 6.45) is 2.68. The second-order valence-electron chi connectivity index (χ2n) is 2.14. The minimum absolute atomic E-state index is 0. The average molecular weight is 214 g/mol. The molecule has 0 spiro atoms. The Labute approximate surface area is 83.8 Å². The molecule has 0 radical (unpaired) electrons. The number of carbonyl (C=O) groups is 1. The summed E-state index contributed by atoms with van der Waals surface area (Å²) in [4.78, 5) is 10.9. The summed E-state index contributed by atoms with van der Waals surface area (Å²) in [6.45, 7) is 2.19. The molecule has 0 fully saturated rings. The van der Waals surface area contributed by atoms with Crippen LogP contribution in [0.1, 0.15) is 13.3 Å². The Morgan fingerprint density at radius 1 is 1.67 bits per heavy atom. The van der Waals surface area contributed by atoms with Crippen LogP contribution in [0.2, 0.25) is 0 Å². The van der Waals surface area contributed by atoms with Gasteiger partial charge in [-0.3, -0.25) is 4.79 Å². The summed E-state index contributed by atoms with van der Waals surface area (Å²) in [7, 11) is 0. The van der Waals surface area contributed by atoms with Crippen LogP contribution in [0.4, 0.5) is 0 Å². The first kappa shape index (κ1) is 14.6. The minimum Gasteiger partial charge on any atom is -0.465 e. The number of rotatable bonds is 5. The van der Waals surface area contributed by atoms with Crippen LogP contribution in [0.15, 0.2) is 0 Å². The molecule has 0 heterocycles. The van der Waals surface area contributed by atoms with Crippen molar-refractivity contribution in [2.45, 2.75) is 19.4 Å². The Morgan fingerprint density at radius 3 is 2.67 bits per heavy atom. The van der Waals surface area contributed by atoms with Crippen molar-refractivity contribution in [2.75, 3.05) is 18.6 Å². The van der Waals surface area contributed by atoms with E-state index in [1.54, 1.807) is 18.7 Å². The van der Waals surface area contributed by atoms with Gasteiger partial charge in [0, 0.05) is 0 Å². The fourth-order valence-corrected chi connectivity index (χ4v) is 1.10. The van der Waals surface area contributed by atoms with Crippen molar-refractivity contribution in [2.24, 2.45) is 5.73 Å². The fraction of sp³-hybridized carbons (Fsp3) is 0.857. The smallest absolute Gasteiger partial charge is 0.322 e. The normalized spacial score (nSPS) is 11.6. The molecule has 0 aliphatic rings. The highest BCUT2D eigenvalue weighted by atomic mass is 35.5. The maximum absolute atomic E-state index is 10.9. The highest BCUT2D eigenvalue weighted by molar-refractivity contribution is 7.98. The van der Waals surface area contributed by atoms with Gasteiger partial charge in [-0.05, 0) is 25.4 Å².